The molecule has 0 radical (unpaired) electrons. The van der Waals surface area contributed by atoms with E-state index in [2.05, 4.69) is 48.3 Å². The highest BCUT2D eigenvalue weighted by Crippen LogP contribution is 2.25. The van der Waals surface area contributed by atoms with Crippen LogP contribution in [0.2, 0.25) is 0 Å². The van der Waals surface area contributed by atoms with Gasteiger partial charge in [0, 0.05) is 22.9 Å². The Morgan fingerprint density at radius 1 is 1.24 bits per heavy atom. The van der Waals surface area contributed by atoms with Crippen molar-refractivity contribution in [2.75, 3.05) is 0 Å². The molecule has 7 heteroatoms. The Bertz CT molecular complexity index is 865. The molecule has 0 saturated heterocycles. The van der Waals surface area contributed by atoms with Gasteiger partial charge in [0.1, 0.15) is 4.88 Å². The highest BCUT2D eigenvalue weighted by Gasteiger charge is 2.19. The molecule has 1 N–H and O–H groups in total. The number of nitrogens with zero attached hydrogens (tertiary/aromatic N) is 3. The first-order chi connectivity index (χ1) is 12.0. The lowest BCUT2D eigenvalue weighted by Gasteiger charge is -2.13. The van der Waals surface area contributed by atoms with Gasteiger partial charge in [0.05, 0.1) is 5.69 Å². The minimum Gasteiger partial charge on any atom is -0.348 e. The van der Waals surface area contributed by atoms with Gasteiger partial charge in [-0.3, -0.25) is 4.79 Å². The first-order valence-corrected chi connectivity index (χ1v) is 9.44. The largest absolute Gasteiger partial charge is 0.348 e. The molecule has 0 fully saturated rings. The molecular formula is C18H17BrN4OS. The number of carbonyl (C=O) groups excluding carboxylic acids is 1. The van der Waals surface area contributed by atoms with Crippen LogP contribution in [-0.2, 0) is 6.42 Å². The number of aromatic nitrogens is 3. The molecule has 0 saturated carbocycles. The quantitative estimate of drug-likeness (QED) is 0.681. The van der Waals surface area contributed by atoms with Crippen LogP contribution in [0.25, 0.3) is 10.8 Å². The molecule has 0 aliphatic heterocycles. The maximum Gasteiger partial charge on any atom is 0.263 e. The van der Waals surface area contributed by atoms with Crippen molar-refractivity contribution in [3.05, 3.63) is 63.3 Å². The predicted octanol–water partition coefficient (Wildman–Crippen LogP) is 4.03. The van der Waals surface area contributed by atoms with E-state index in [1.54, 1.807) is 18.5 Å². The number of hydrogen-bond donors (Lipinski definition) is 1. The number of aryl methyl sites for hydroxylation is 1. The molecule has 1 atom stereocenters. The first-order valence-electron chi connectivity index (χ1n) is 7.83. The van der Waals surface area contributed by atoms with Crippen LogP contribution >= 0.6 is 27.3 Å². The summed E-state index contributed by atoms with van der Waals surface area (Å²) < 4.78 is 1.05. The molecule has 5 nitrogen and oxygen atoms in total. The Labute approximate surface area is 158 Å². The lowest BCUT2D eigenvalue weighted by Crippen LogP contribution is -2.33. The Hall–Kier alpha value is -2.12. The van der Waals surface area contributed by atoms with Crippen LogP contribution in [0.1, 0.15) is 27.9 Å². The van der Waals surface area contributed by atoms with Crippen molar-refractivity contribution in [3.63, 3.8) is 0 Å². The van der Waals surface area contributed by atoms with Crippen LogP contribution in [0, 0.1) is 6.92 Å². The Morgan fingerprint density at radius 2 is 1.92 bits per heavy atom. The first kappa shape index (κ1) is 17.7. The van der Waals surface area contributed by atoms with Crippen LogP contribution in [0.5, 0.6) is 0 Å². The molecule has 0 aliphatic rings. The van der Waals surface area contributed by atoms with Gasteiger partial charge in [0.15, 0.2) is 10.8 Å². The van der Waals surface area contributed by atoms with E-state index in [4.69, 9.17) is 0 Å². The molecule has 3 rings (SSSR count). The van der Waals surface area contributed by atoms with Gasteiger partial charge in [-0.1, -0.05) is 28.1 Å². The Kier molecular flexibility index (Phi) is 5.55. The van der Waals surface area contributed by atoms with Crippen molar-refractivity contribution >= 4 is 33.2 Å². The summed E-state index contributed by atoms with van der Waals surface area (Å²) in [4.78, 5) is 26.0. The maximum absolute atomic E-state index is 12.6. The van der Waals surface area contributed by atoms with Crippen LogP contribution in [0.4, 0.5) is 0 Å². The number of benzene rings is 1. The molecule has 2 heterocycles. The van der Waals surface area contributed by atoms with Crippen molar-refractivity contribution in [2.45, 2.75) is 26.3 Å². The summed E-state index contributed by atoms with van der Waals surface area (Å²) in [7, 11) is 0. The lowest BCUT2D eigenvalue weighted by atomic mass is 10.1. The summed E-state index contributed by atoms with van der Waals surface area (Å²) >= 11 is 4.74. The van der Waals surface area contributed by atoms with E-state index in [0.717, 1.165) is 10.9 Å². The minimum atomic E-state index is -0.109. The van der Waals surface area contributed by atoms with Gasteiger partial charge < -0.3 is 5.32 Å². The van der Waals surface area contributed by atoms with E-state index in [1.807, 2.05) is 26.0 Å². The van der Waals surface area contributed by atoms with E-state index in [1.165, 1.54) is 16.9 Å². The highest BCUT2D eigenvalue weighted by molar-refractivity contribution is 9.10. The second-order valence-corrected chi connectivity index (χ2v) is 7.63. The van der Waals surface area contributed by atoms with Crippen LogP contribution < -0.4 is 5.32 Å². The number of amides is 1. The third-order valence-corrected chi connectivity index (χ3v) is 5.27. The minimum absolute atomic E-state index is 0.0200. The summed E-state index contributed by atoms with van der Waals surface area (Å²) in [5.41, 5.74) is 1.87. The summed E-state index contributed by atoms with van der Waals surface area (Å²) in [6.07, 6.45) is 4.10. The fraction of sp³-hybridized carbons (Fsp3) is 0.222. The molecule has 1 amide bonds. The number of carbonyl (C=O) groups is 1. The number of rotatable bonds is 5. The lowest BCUT2D eigenvalue weighted by molar-refractivity contribution is 0.0943. The normalized spacial score (nSPS) is 12.0. The molecule has 128 valence electrons. The fourth-order valence-electron chi connectivity index (χ4n) is 2.43. The van der Waals surface area contributed by atoms with E-state index < -0.39 is 0 Å². The van der Waals surface area contributed by atoms with Crippen molar-refractivity contribution in [1.29, 1.82) is 0 Å². The topological polar surface area (TPSA) is 67.8 Å². The van der Waals surface area contributed by atoms with E-state index in [0.29, 0.717) is 21.4 Å². The van der Waals surface area contributed by atoms with E-state index in [9.17, 15) is 4.79 Å². The zero-order valence-corrected chi connectivity index (χ0v) is 16.3. The fourth-order valence-corrected chi connectivity index (χ4v) is 3.61. The van der Waals surface area contributed by atoms with Crippen LogP contribution in [-0.4, -0.2) is 26.9 Å². The maximum atomic E-state index is 12.6. The molecule has 2 aromatic heterocycles. The Balaban J connectivity index is 1.68. The predicted molar refractivity (Wildman–Crippen MR) is 103 cm³/mol. The third-order valence-electron chi connectivity index (χ3n) is 3.59. The second kappa shape index (κ2) is 7.84. The SMILES string of the molecule is Cc1nc(-c2ncccn2)sc1C(=O)NC(C)Cc1ccc(Br)cc1. The molecule has 0 bridgehead atoms. The average molecular weight is 417 g/mol. The van der Waals surface area contributed by atoms with Gasteiger partial charge in [0.2, 0.25) is 0 Å². The molecule has 1 unspecified atom stereocenters. The Morgan fingerprint density at radius 3 is 2.60 bits per heavy atom. The average Bonchev–Trinajstić information content (AvgIpc) is 3.00. The molecular weight excluding hydrogens is 400 g/mol. The molecule has 0 spiro atoms. The van der Waals surface area contributed by atoms with Crippen LogP contribution in [0.15, 0.2) is 47.2 Å². The van der Waals surface area contributed by atoms with Crippen molar-refractivity contribution in [1.82, 2.24) is 20.3 Å². The molecule has 1 aromatic carbocycles. The zero-order chi connectivity index (χ0) is 17.8. The molecule has 3 aromatic rings. The van der Waals surface area contributed by atoms with E-state index >= 15 is 0 Å². The summed E-state index contributed by atoms with van der Waals surface area (Å²) in [5.74, 6) is 0.430. The summed E-state index contributed by atoms with van der Waals surface area (Å²) in [6.45, 7) is 3.83. The van der Waals surface area contributed by atoms with Gasteiger partial charge in [-0.25, -0.2) is 15.0 Å². The highest BCUT2D eigenvalue weighted by atomic mass is 79.9. The van der Waals surface area contributed by atoms with Crippen LogP contribution in [0.3, 0.4) is 0 Å². The standard InChI is InChI=1S/C18H17BrN4OS/c1-11(10-13-4-6-14(19)7-5-13)22-17(24)15-12(2)23-18(25-15)16-20-8-3-9-21-16/h3-9,11H,10H2,1-2H3,(H,22,24). The summed E-state index contributed by atoms with van der Waals surface area (Å²) in [6, 6.07) is 9.88. The number of hydrogen-bond acceptors (Lipinski definition) is 5. The summed E-state index contributed by atoms with van der Waals surface area (Å²) in [5, 5.41) is 3.70. The molecule has 0 aliphatic carbocycles. The van der Waals surface area contributed by atoms with Crippen molar-refractivity contribution < 1.29 is 4.79 Å². The van der Waals surface area contributed by atoms with Crippen molar-refractivity contribution in [2.24, 2.45) is 0 Å². The number of halogens is 1. The third kappa shape index (κ3) is 4.49. The smallest absolute Gasteiger partial charge is 0.263 e. The van der Waals surface area contributed by atoms with E-state index in [-0.39, 0.29) is 11.9 Å². The number of thiazole rings is 1. The second-order valence-electron chi connectivity index (χ2n) is 5.71. The monoisotopic (exact) mass is 416 g/mol. The number of nitrogens with one attached hydrogen (secondary N) is 1. The zero-order valence-electron chi connectivity index (χ0n) is 13.9. The van der Waals surface area contributed by atoms with Gasteiger partial charge in [-0.2, -0.15) is 0 Å². The van der Waals surface area contributed by atoms with Crippen molar-refractivity contribution in [3.8, 4) is 10.8 Å². The van der Waals surface area contributed by atoms with Gasteiger partial charge in [-0.15, -0.1) is 11.3 Å². The van der Waals surface area contributed by atoms with Gasteiger partial charge in [-0.05, 0) is 44.0 Å². The van der Waals surface area contributed by atoms with Gasteiger partial charge in [0.25, 0.3) is 5.91 Å². The molecule has 25 heavy (non-hydrogen) atoms. The van der Waals surface area contributed by atoms with Gasteiger partial charge >= 0.3 is 0 Å².